The van der Waals surface area contributed by atoms with Crippen molar-refractivity contribution in [2.75, 3.05) is 6.54 Å². The molecular weight excluding hydrogens is 276 g/mol. The molecule has 108 valence electrons. The van der Waals surface area contributed by atoms with Crippen molar-refractivity contribution in [3.05, 3.63) is 57.3 Å². The van der Waals surface area contributed by atoms with Crippen LogP contribution in [-0.2, 0) is 12.8 Å². The van der Waals surface area contributed by atoms with Crippen LogP contribution in [0.4, 0.5) is 8.78 Å². The molecule has 1 nitrogen and oxygen atoms in total. The molecule has 1 aromatic heterocycles. The van der Waals surface area contributed by atoms with E-state index in [9.17, 15) is 8.78 Å². The molecule has 0 amide bonds. The molecule has 0 bridgehead atoms. The van der Waals surface area contributed by atoms with Gasteiger partial charge in [0.25, 0.3) is 0 Å². The Morgan fingerprint density at radius 1 is 1.15 bits per heavy atom. The van der Waals surface area contributed by atoms with E-state index in [1.807, 2.05) is 6.92 Å². The van der Waals surface area contributed by atoms with Crippen molar-refractivity contribution in [2.45, 2.75) is 32.7 Å². The lowest BCUT2D eigenvalue weighted by Gasteiger charge is -2.19. The average molecular weight is 295 g/mol. The van der Waals surface area contributed by atoms with Crippen LogP contribution in [-0.4, -0.2) is 6.54 Å². The van der Waals surface area contributed by atoms with E-state index in [4.69, 9.17) is 0 Å². The van der Waals surface area contributed by atoms with Crippen molar-refractivity contribution >= 4 is 11.3 Å². The van der Waals surface area contributed by atoms with Crippen molar-refractivity contribution in [3.8, 4) is 0 Å². The van der Waals surface area contributed by atoms with Gasteiger partial charge < -0.3 is 5.32 Å². The third kappa shape index (κ3) is 3.44. The fourth-order valence-electron chi connectivity index (χ4n) is 2.37. The van der Waals surface area contributed by atoms with Crippen molar-refractivity contribution in [3.63, 3.8) is 0 Å². The van der Waals surface area contributed by atoms with Gasteiger partial charge in [0, 0.05) is 10.9 Å². The van der Waals surface area contributed by atoms with E-state index < -0.39 is 5.82 Å². The van der Waals surface area contributed by atoms with Gasteiger partial charge in [-0.3, -0.25) is 0 Å². The minimum Gasteiger partial charge on any atom is -0.309 e. The Balaban J connectivity index is 2.27. The smallest absolute Gasteiger partial charge is 0.126 e. The Hall–Kier alpha value is -1.26. The van der Waals surface area contributed by atoms with Crippen LogP contribution in [0, 0.1) is 11.6 Å². The normalized spacial score (nSPS) is 12.6. The number of likely N-dealkylation sites (N-methyl/N-ethyl adjacent to an activating group) is 1. The zero-order valence-electron chi connectivity index (χ0n) is 11.7. The summed E-state index contributed by atoms with van der Waals surface area (Å²) in [6.45, 7) is 4.92. The highest BCUT2D eigenvalue weighted by Crippen LogP contribution is 2.28. The molecule has 1 heterocycles. The lowest BCUT2D eigenvalue weighted by atomic mass is 10.0. The average Bonchev–Trinajstić information content (AvgIpc) is 2.90. The molecule has 0 aliphatic heterocycles. The van der Waals surface area contributed by atoms with Crippen molar-refractivity contribution in [2.24, 2.45) is 0 Å². The second-order valence-corrected chi connectivity index (χ2v) is 5.66. The Labute approximate surface area is 122 Å². The van der Waals surface area contributed by atoms with Crippen LogP contribution in [0.1, 0.15) is 35.9 Å². The molecule has 1 N–H and O–H groups in total. The molecule has 0 spiro atoms. The van der Waals surface area contributed by atoms with Crippen LogP contribution in [0.25, 0.3) is 0 Å². The summed E-state index contributed by atoms with van der Waals surface area (Å²) in [5, 5.41) is 5.43. The molecule has 2 rings (SSSR count). The van der Waals surface area contributed by atoms with Crippen LogP contribution in [0.3, 0.4) is 0 Å². The molecule has 1 aromatic carbocycles. The van der Waals surface area contributed by atoms with Crippen LogP contribution >= 0.6 is 11.3 Å². The van der Waals surface area contributed by atoms with Gasteiger partial charge in [-0.2, -0.15) is 0 Å². The van der Waals surface area contributed by atoms with Gasteiger partial charge in [0.2, 0.25) is 0 Å². The summed E-state index contributed by atoms with van der Waals surface area (Å²) in [6, 6.07) is 5.78. The molecule has 0 radical (unpaired) electrons. The summed E-state index contributed by atoms with van der Waals surface area (Å²) in [7, 11) is 0. The predicted molar refractivity (Wildman–Crippen MR) is 80.2 cm³/mol. The minimum absolute atomic E-state index is 0.0336. The van der Waals surface area contributed by atoms with Crippen LogP contribution in [0.15, 0.2) is 29.6 Å². The largest absolute Gasteiger partial charge is 0.309 e. The number of aryl methyl sites for hydroxylation is 1. The lowest BCUT2D eigenvalue weighted by Crippen LogP contribution is -2.23. The Morgan fingerprint density at radius 2 is 1.95 bits per heavy atom. The Bertz CT molecular complexity index is 565. The third-order valence-electron chi connectivity index (χ3n) is 3.36. The van der Waals surface area contributed by atoms with Gasteiger partial charge in [-0.15, -0.1) is 11.3 Å². The van der Waals surface area contributed by atoms with E-state index in [1.165, 1.54) is 22.6 Å². The predicted octanol–water partition coefficient (Wildman–Crippen LogP) is 4.48. The maximum Gasteiger partial charge on any atom is 0.126 e. The van der Waals surface area contributed by atoms with Crippen LogP contribution < -0.4 is 5.32 Å². The number of thiophene rings is 1. The first kappa shape index (κ1) is 15.1. The van der Waals surface area contributed by atoms with Gasteiger partial charge >= 0.3 is 0 Å². The van der Waals surface area contributed by atoms with Gasteiger partial charge in [0.1, 0.15) is 11.6 Å². The monoisotopic (exact) mass is 295 g/mol. The number of halogens is 2. The lowest BCUT2D eigenvalue weighted by molar-refractivity contribution is 0.525. The molecule has 0 aliphatic carbocycles. The number of hydrogen-bond acceptors (Lipinski definition) is 2. The van der Waals surface area contributed by atoms with E-state index in [0.29, 0.717) is 12.0 Å². The molecule has 20 heavy (non-hydrogen) atoms. The summed E-state index contributed by atoms with van der Waals surface area (Å²) in [5.41, 5.74) is 1.70. The van der Waals surface area contributed by atoms with E-state index in [-0.39, 0.29) is 11.9 Å². The molecule has 0 saturated heterocycles. The Kier molecular flexibility index (Phi) is 5.26. The molecule has 2 aromatic rings. The SMILES string of the molecule is CCNC(Cc1cc(F)ccc1F)c1sccc1CC. The third-order valence-corrected chi connectivity index (χ3v) is 4.43. The summed E-state index contributed by atoms with van der Waals surface area (Å²) in [6.07, 6.45) is 1.41. The number of rotatable bonds is 6. The molecular formula is C16H19F2NS. The highest BCUT2D eigenvalue weighted by Gasteiger charge is 2.18. The second-order valence-electron chi connectivity index (χ2n) is 4.71. The topological polar surface area (TPSA) is 12.0 Å². The van der Waals surface area contributed by atoms with E-state index in [1.54, 1.807) is 11.3 Å². The van der Waals surface area contributed by atoms with Crippen LogP contribution in [0.2, 0.25) is 0 Å². The fourth-order valence-corrected chi connectivity index (χ4v) is 3.44. The maximum absolute atomic E-state index is 13.8. The van der Waals surface area contributed by atoms with Crippen molar-refractivity contribution in [1.29, 1.82) is 0 Å². The minimum atomic E-state index is -0.390. The van der Waals surface area contributed by atoms with E-state index >= 15 is 0 Å². The van der Waals surface area contributed by atoms with E-state index in [0.717, 1.165) is 19.0 Å². The Morgan fingerprint density at radius 3 is 2.65 bits per heavy atom. The van der Waals surface area contributed by atoms with Gasteiger partial charge in [-0.05, 0) is 60.2 Å². The highest BCUT2D eigenvalue weighted by molar-refractivity contribution is 7.10. The van der Waals surface area contributed by atoms with Crippen LogP contribution in [0.5, 0.6) is 0 Å². The summed E-state index contributed by atoms with van der Waals surface area (Å²) in [5.74, 6) is -0.734. The van der Waals surface area contributed by atoms with Crippen molar-refractivity contribution in [1.82, 2.24) is 5.32 Å². The summed E-state index contributed by atoms with van der Waals surface area (Å²) >= 11 is 1.67. The van der Waals surface area contributed by atoms with Gasteiger partial charge in [0.15, 0.2) is 0 Å². The number of nitrogens with one attached hydrogen (secondary N) is 1. The number of hydrogen-bond donors (Lipinski definition) is 1. The zero-order valence-corrected chi connectivity index (χ0v) is 12.6. The quantitative estimate of drug-likeness (QED) is 0.828. The zero-order chi connectivity index (χ0) is 14.5. The second kappa shape index (κ2) is 6.95. The number of benzene rings is 1. The molecule has 0 aliphatic rings. The summed E-state index contributed by atoms with van der Waals surface area (Å²) < 4.78 is 27.1. The highest BCUT2D eigenvalue weighted by atomic mass is 32.1. The van der Waals surface area contributed by atoms with Crippen molar-refractivity contribution < 1.29 is 8.78 Å². The van der Waals surface area contributed by atoms with E-state index in [2.05, 4.69) is 23.7 Å². The maximum atomic E-state index is 13.8. The first-order chi connectivity index (χ1) is 9.65. The fraction of sp³-hybridized carbons (Fsp3) is 0.375. The molecule has 0 fully saturated rings. The first-order valence-electron chi connectivity index (χ1n) is 6.89. The van der Waals surface area contributed by atoms with Gasteiger partial charge in [0.05, 0.1) is 0 Å². The standard InChI is InChI=1S/C16H19F2NS/c1-3-11-7-8-20-16(11)15(19-4-2)10-12-9-13(17)5-6-14(12)18/h5-9,15,19H,3-4,10H2,1-2H3. The van der Waals surface area contributed by atoms with Gasteiger partial charge in [-0.1, -0.05) is 13.8 Å². The first-order valence-corrected chi connectivity index (χ1v) is 7.77. The molecule has 1 unspecified atom stereocenters. The van der Waals surface area contributed by atoms with Gasteiger partial charge in [-0.25, -0.2) is 8.78 Å². The molecule has 0 saturated carbocycles. The molecule has 4 heteroatoms. The summed E-state index contributed by atoms with van der Waals surface area (Å²) in [4.78, 5) is 1.22. The molecule has 1 atom stereocenters.